The Hall–Kier alpha value is -1.42. The van der Waals surface area contributed by atoms with Crippen LogP contribution in [0.3, 0.4) is 0 Å². The highest BCUT2D eigenvalue weighted by Crippen LogP contribution is 2.13. The molecule has 1 N–H and O–H groups in total. The molecule has 0 spiro atoms. The van der Waals surface area contributed by atoms with Gasteiger partial charge in [-0.05, 0) is 12.5 Å². The Morgan fingerprint density at radius 1 is 1.25 bits per heavy atom. The topological polar surface area (TPSA) is 37.8 Å². The first-order valence-corrected chi connectivity index (χ1v) is 6.17. The number of benzene rings is 1. The zero-order valence-corrected chi connectivity index (χ0v) is 10.3. The largest absolute Gasteiger partial charge is 0.356 e. The summed E-state index contributed by atoms with van der Waals surface area (Å²) >= 11 is 1.42. The first-order chi connectivity index (χ1) is 7.78. The lowest BCUT2D eigenvalue weighted by Gasteiger charge is -2.02. The van der Waals surface area contributed by atoms with Gasteiger partial charge in [0.15, 0.2) is 0 Å². The van der Waals surface area contributed by atoms with Gasteiger partial charge in [0.1, 0.15) is 5.82 Å². The number of aromatic nitrogens is 2. The van der Waals surface area contributed by atoms with Crippen molar-refractivity contribution < 1.29 is 0 Å². The van der Waals surface area contributed by atoms with E-state index in [2.05, 4.69) is 52.8 Å². The summed E-state index contributed by atoms with van der Waals surface area (Å²) in [5.41, 5.74) is 2.55. The van der Waals surface area contributed by atoms with Crippen LogP contribution in [-0.4, -0.2) is 9.36 Å². The zero-order chi connectivity index (χ0) is 11.4. The van der Waals surface area contributed by atoms with E-state index in [1.807, 2.05) is 0 Å². The lowest BCUT2D eigenvalue weighted by Crippen LogP contribution is -1.98. The molecule has 16 heavy (non-hydrogen) atoms. The molecule has 0 bridgehead atoms. The molecular formula is C12H15N3S. The molecule has 1 aromatic heterocycles. The van der Waals surface area contributed by atoms with E-state index in [1.54, 1.807) is 0 Å². The normalized spacial score (nSPS) is 10.4. The maximum atomic E-state index is 4.36. The maximum Gasteiger partial charge on any atom is 0.202 e. The molecule has 84 valence electrons. The third-order valence-corrected chi connectivity index (χ3v) is 3.06. The second-order valence-corrected chi connectivity index (χ2v) is 4.46. The molecule has 4 heteroatoms. The molecule has 0 aliphatic carbocycles. The summed E-state index contributed by atoms with van der Waals surface area (Å²) in [6, 6.07) is 8.50. The van der Waals surface area contributed by atoms with Crippen LogP contribution >= 0.6 is 11.5 Å². The van der Waals surface area contributed by atoms with Crippen LogP contribution in [0.25, 0.3) is 0 Å². The van der Waals surface area contributed by atoms with Crippen LogP contribution in [-0.2, 0) is 13.0 Å². The summed E-state index contributed by atoms with van der Waals surface area (Å²) in [4.78, 5) is 4.36. The van der Waals surface area contributed by atoms with Crippen LogP contribution in [0.15, 0.2) is 24.3 Å². The van der Waals surface area contributed by atoms with Crippen LogP contribution in [0.2, 0.25) is 0 Å². The van der Waals surface area contributed by atoms with Gasteiger partial charge in [-0.1, -0.05) is 36.8 Å². The van der Waals surface area contributed by atoms with E-state index in [0.29, 0.717) is 0 Å². The summed E-state index contributed by atoms with van der Waals surface area (Å²) in [5.74, 6) is 0.913. The van der Waals surface area contributed by atoms with Crippen LogP contribution in [0.1, 0.15) is 23.9 Å². The molecule has 0 saturated carbocycles. The van der Waals surface area contributed by atoms with Crippen molar-refractivity contribution in [3.8, 4) is 0 Å². The SMILES string of the molecule is CCc1nsc(NCc2ccc(C)cc2)n1. The molecule has 0 fully saturated rings. The summed E-state index contributed by atoms with van der Waals surface area (Å²) in [7, 11) is 0. The minimum Gasteiger partial charge on any atom is -0.356 e. The maximum absolute atomic E-state index is 4.36. The Kier molecular flexibility index (Phi) is 3.51. The molecule has 0 unspecified atom stereocenters. The Labute approximate surface area is 99.7 Å². The fourth-order valence-electron chi connectivity index (χ4n) is 1.35. The van der Waals surface area contributed by atoms with Crippen LogP contribution in [0, 0.1) is 6.92 Å². The van der Waals surface area contributed by atoms with Crippen molar-refractivity contribution in [3.63, 3.8) is 0 Å². The number of nitrogens with zero attached hydrogens (tertiary/aromatic N) is 2. The Morgan fingerprint density at radius 2 is 2.00 bits per heavy atom. The van der Waals surface area contributed by atoms with E-state index < -0.39 is 0 Å². The molecule has 0 saturated heterocycles. The quantitative estimate of drug-likeness (QED) is 0.882. The fraction of sp³-hybridized carbons (Fsp3) is 0.333. The number of aryl methyl sites for hydroxylation is 2. The van der Waals surface area contributed by atoms with Gasteiger partial charge in [-0.3, -0.25) is 0 Å². The first kappa shape index (κ1) is 11.1. The van der Waals surface area contributed by atoms with Gasteiger partial charge < -0.3 is 5.32 Å². The predicted octanol–water partition coefficient (Wildman–Crippen LogP) is 3.02. The minimum absolute atomic E-state index is 0.804. The van der Waals surface area contributed by atoms with E-state index in [4.69, 9.17) is 0 Å². The van der Waals surface area contributed by atoms with Crippen molar-refractivity contribution in [2.45, 2.75) is 26.8 Å². The lowest BCUT2D eigenvalue weighted by molar-refractivity contribution is 0.993. The van der Waals surface area contributed by atoms with Crippen LogP contribution < -0.4 is 5.32 Å². The van der Waals surface area contributed by atoms with Crippen molar-refractivity contribution in [2.24, 2.45) is 0 Å². The standard InChI is InChI=1S/C12H15N3S/c1-3-11-14-12(16-15-11)13-8-10-6-4-9(2)5-7-10/h4-7H,3,8H2,1-2H3,(H,13,14,15). The predicted molar refractivity (Wildman–Crippen MR) is 67.8 cm³/mol. The Balaban J connectivity index is 1.94. The number of hydrogen-bond acceptors (Lipinski definition) is 4. The van der Waals surface area contributed by atoms with Gasteiger partial charge in [-0.2, -0.15) is 4.37 Å². The average molecular weight is 233 g/mol. The van der Waals surface area contributed by atoms with Crippen LogP contribution in [0.5, 0.6) is 0 Å². The first-order valence-electron chi connectivity index (χ1n) is 5.40. The molecular weight excluding hydrogens is 218 g/mol. The Bertz CT molecular complexity index is 448. The number of hydrogen-bond donors (Lipinski definition) is 1. The monoisotopic (exact) mass is 233 g/mol. The van der Waals surface area contributed by atoms with Gasteiger partial charge in [0, 0.05) is 24.5 Å². The van der Waals surface area contributed by atoms with Gasteiger partial charge in [0.25, 0.3) is 0 Å². The summed E-state index contributed by atoms with van der Waals surface area (Å²) in [6.07, 6.45) is 0.892. The van der Waals surface area contributed by atoms with E-state index in [0.717, 1.165) is 23.9 Å². The third-order valence-electron chi connectivity index (χ3n) is 2.35. The fourth-order valence-corrected chi connectivity index (χ4v) is 2.00. The number of nitrogens with one attached hydrogen (secondary N) is 1. The van der Waals surface area contributed by atoms with Gasteiger partial charge in [0.05, 0.1) is 0 Å². The highest BCUT2D eigenvalue weighted by atomic mass is 32.1. The molecule has 3 nitrogen and oxygen atoms in total. The van der Waals surface area contributed by atoms with Gasteiger partial charge in [0.2, 0.25) is 5.13 Å². The summed E-state index contributed by atoms with van der Waals surface area (Å²) < 4.78 is 4.23. The number of anilines is 1. The van der Waals surface area contributed by atoms with Crippen molar-refractivity contribution in [1.82, 2.24) is 9.36 Å². The van der Waals surface area contributed by atoms with Crippen molar-refractivity contribution >= 4 is 16.7 Å². The molecule has 2 rings (SSSR count). The van der Waals surface area contributed by atoms with Crippen LogP contribution in [0.4, 0.5) is 5.13 Å². The van der Waals surface area contributed by atoms with E-state index in [1.165, 1.54) is 22.7 Å². The Morgan fingerprint density at radius 3 is 2.62 bits per heavy atom. The van der Waals surface area contributed by atoms with Gasteiger partial charge >= 0.3 is 0 Å². The second kappa shape index (κ2) is 5.07. The van der Waals surface area contributed by atoms with Crippen molar-refractivity contribution in [2.75, 3.05) is 5.32 Å². The third kappa shape index (κ3) is 2.79. The minimum atomic E-state index is 0.804. The van der Waals surface area contributed by atoms with Crippen molar-refractivity contribution in [3.05, 3.63) is 41.2 Å². The smallest absolute Gasteiger partial charge is 0.202 e. The second-order valence-electron chi connectivity index (χ2n) is 3.71. The zero-order valence-electron chi connectivity index (χ0n) is 9.53. The van der Waals surface area contributed by atoms with E-state index >= 15 is 0 Å². The highest BCUT2D eigenvalue weighted by molar-refractivity contribution is 7.09. The lowest BCUT2D eigenvalue weighted by atomic mass is 10.1. The summed E-state index contributed by atoms with van der Waals surface area (Å²) in [5, 5.41) is 4.18. The average Bonchev–Trinajstić information content (AvgIpc) is 2.76. The van der Waals surface area contributed by atoms with E-state index in [-0.39, 0.29) is 0 Å². The molecule has 0 aliphatic rings. The van der Waals surface area contributed by atoms with Gasteiger partial charge in [-0.25, -0.2) is 4.98 Å². The molecule has 0 aliphatic heterocycles. The molecule has 0 amide bonds. The number of rotatable bonds is 4. The molecule has 0 radical (unpaired) electrons. The van der Waals surface area contributed by atoms with Gasteiger partial charge in [-0.15, -0.1) is 0 Å². The molecule has 1 heterocycles. The molecule has 2 aromatic rings. The summed E-state index contributed by atoms with van der Waals surface area (Å²) in [6.45, 7) is 4.96. The van der Waals surface area contributed by atoms with E-state index in [9.17, 15) is 0 Å². The highest BCUT2D eigenvalue weighted by Gasteiger charge is 2.01. The molecule has 0 atom stereocenters. The molecule has 1 aromatic carbocycles. The van der Waals surface area contributed by atoms with Crippen molar-refractivity contribution in [1.29, 1.82) is 0 Å².